The average molecular weight is 259 g/mol. The predicted molar refractivity (Wildman–Crippen MR) is 60.5 cm³/mol. The quantitative estimate of drug-likeness (QED) is 0.823. The Balaban J connectivity index is 2.11. The fourth-order valence-electron chi connectivity index (χ4n) is 1.75. The van der Waals surface area contributed by atoms with E-state index in [1.807, 2.05) is 6.92 Å². The first-order valence-electron chi connectivity index (χ1n) is 5.31. The van der Waals surface area contributed by atoms with Crippen LogP contribution in [0.25, 0.3) is 0 Å². The number of carbonyl (C=O) groups is 1. The van der Waals surface area contributed by atoms with Gasteiger partial charge >= 0.3 is 0 Å². The molecule has 1 aromatic rings. The van der Waals surface area contributed by atoms with Crippen LogP contribution in [0.3, 0.4) is 0 Å². The van der Waals surface area contributed by atoms with Crippen molar-refractivity contribution >= 4 is 17.5 Å². The van der Waals surface area contributed by atoms with E-state index in [9.17, 15) is 9.18 Å². The van der Waals surface area contributed by atoms with Gasteiger partial charge in [-0.15, -0.1) is 0 Å². The van der Waals surface area contributed by atoms with Crippen LogP contribution in [0.5, 0.6) is 0 Å². The first-order chi connectivity index (χ1) is 8.08. The Hall–Kier alpha value is -1.20. The van der Waals surface area contributed by atoms with Crippen LogP contribution in [0.2, 0.25) is 5.15 Å². The summed E-state index contributed by atoms with van der Waals surface area (Å²) < 4.78 is 18.3. The van der Waals surface area contributed by atoms with Crippen LogP contribution >= 0.6 is 11.6 Å². The van der Waals surface area contributed by atoms with Crippen molar-refractivity contribution in [2.45, 2.75) is 25.5 Å². The van der Waals surface area contributed by atoms with Crippen molar-refractivity contribution in [3.8, 4) is 0 Å². The van der Waals surface area contributed by atoms with E-state index < -0.39 is 11.7 Å². The summed E-state index contributed by atoms with van der Waals surface area (Å²) in [5, 5.41) is 2.75. The highest BCUT2D eigenvalue weighted by molar-refractivity contribution is 6.32. The van der Waals surface area contributed by atoms with Crippen LogP contribution in [0.15, 0.2) is 12.3 Å². The van der Waals surface area contributed by atoms with Gasteiger partial charge in [-0.05, 0) is 19.4 Å². The molecule has 0 spiro atoms. The van der Waals surface area contributed by atoms with Gasteiger partial charge in [-0.3, -0.25) is 4.79 Å². The molecule has 6 heteroatoms. The van der Waals surface area contributed by atoms with Crippen molar-refractivity contribution in [3.63, 3.8) is 0 Å². The normalized spacial score (nSPS) is 23.7. The molecule has 0 bridgehead atoms. The smallest absolute Gasteiger partial charge is 0.254 e. The van der Waals surface area contributed by atoms with E-state index in [0.717, 1.165) is 18.7 Å². The Bertz CT molecular complexity index is 441. The van der Waals surface area contributed by atoms with Crippen molar-refractivity contribution in [1.82, 2.24) is 10.3 Å². The molecule has 1 fully saturated rings. The number of hydrogen-bond donors (Lipinski definition) is 1. The van der Waals surface area contributed by atoms with Crippen molar-refractivity contribution in [3.05, 3.63) is 28.8 Å². The summed E-state index contributed by atoms with van der Waals surface area (Å²) in [6, 6.07) is 1.01. The third-order valence-corrected chi connectivity index (χ3v) is 3.04. The Labute approximate surface area is 103 Å². The van der Waals surface area contributed by atoms with Crippen molar-refractivity contribution in [2.24, 2.45) is 0 Å². The number of pyridine rings is 1. The monoisotopic (exact) mass is 258 g/mol. The first kappa shape index (κ1) is 12.3. The SMILES string of the molecule is CC1OCCC1NC(=O)c1cc(F)cnc1Cl. The van der Waals surface area contributed by atoms with Crippen LogP contribution in [-0.2, 0) is 4.74 Å². The lowest BCUT2D eigenvalue weighted by atomic mass is 10.1. The summed E-state index contributed by atoms with van der Waals surface area (Å²) >= 11 is 5.74. The van der Waals surface area contributed by atoms with Gasteiger partial charge in [0.2, 0.25) is 0 Å². The van der Waals surface area contributed by atoms with Gasteiger partial charge in [-0.25, -0.2) is 9.37 Å². The van der Waals surface area contributed by atoms with Gasteiger partial charge in [-0.1, -0.05) is 11.6 Å². The van der Waals surface area contributed by atoms with Crippen molar-refractivity contribution in [1.29, 1.82) is 0 Å². The number of amides is 1. The predicted octanol–water partition coefficient (Wildman–Crippen LogP) is 1.78. The number of nitrogens with one attached hydrogen (secondary N) is 1. The molecule has 1 aromatic heterocycles. The summed E-state index contributed by atoms with van der Waals surface area (Å²) in [5.74, 6) is -1.01. The molecular weight excluding hydrogens is 247 g/mol. The largest absolute Gasteiger partial charge is 0.376 e. The minimum absolute atomic E-state index is 0.00420. The minimum Gasteiger partial charge on any atom is -0.376 e. The molecule has 2 unspecified atom stereocenters. The second kappa shape index (κ2) is 4.98. The Morgan fingerprint density at radius 2 is 2.47 bits per heavy atom. The average Bonchev–Trinajstić information content (AvgIpc) is 2.68. The van der Waals surface area contributed by atoms with Gasteiger partial charge in [0.1, 0.15) is 11.0 Å². The molecule has 2 atom stereocenters. The maximum atomic E-state index is 13.0. The van der Waals surface area contributed by atoms with Gasteiger partial charge in [0.25, 0.3) is 5.91 Å². The molecule has 1 N–H and O–H groups in total. The number of hydrogen-bond acceptors (Lipinski definition) is 3. The molecule has 2 heterocycles. The van der Waals surface area contributed by atoms with Gasteiger partial charge in [0, 0.05) is 6.61 Å². The standard InChI is InChI=1S/C11H12ClFN2O2/c1-6-9(2-3-17-6)15-11(16)8-4-7(13)5-14-10(8)12/h4-6,9H,2-3H2,1H3,(H,15,16). The highest BCUT2D eigenvalue weighted by Crippen LogP contribution is 2.17. The first-order valence-corrected chi connectivity index (χ1v) is 5.69. The Morgan fingerprint density at radius 1 is 1.71 bits per heavy atom. The fourth-order valence-corrected chi connectivity index (χ4v) is 1.94. The minimum atomic E-state index is -0.588. The topological polar surface area (TPSA) is 51.2 Å². The van der Waals surface area contributed by atoms with Crippen molar-refractivity contribution in [2.75, 3.05) is 6.61 Å². The maximum Gasteiger partial charge on any atom is 0.254 e. The molecule has 0 aromatic carbocycles. The molecule has 1 aliphatic heterocycles. The van der Waals surface area contributed by atoms with Gasteiger partial charge in [0.15, 0.2) is 0 Å². The number of carbonyl (C=O) groups excluding carboxylic acids is 1. The number of ether oxygens (including phenoxy) is 1. The molecule has 4 nitrogen and oxygen atoms in total. The second-order valence-electron chi connectivity index (χ2n) is 3.94. The second-order valence-corrected chi connectivity index (χ2v) is 4.29. The van der Waals surface area contributed by atoms with E-state index >= 15 is 0 Å². The summed E-state index contributed by atoms with van der Waals surface area (Å²) in [7, 11) is 0. The lowest BCUT2D eigenvalue weighted by Crippen LogP contribution is -2.39. The molecule has 17 heavy (non-hydrogen) atoms. The number of rotatable bonds is 2. The van der Waals surface area contributed by atoms with Crippen LogP contribution in [0.4, 0.5) is 4.39 Å². The fraction of sp³-hybridized carbons (Fsp3) is 0.455. The maximum absolute atomic E-state index is 13.0. The third-order valence-electron chi connectivity index (χ3n) is 2.74. The van der Waals surface area contributed by atoms with E-state index in [-0.39, 0.29) is 22.9 Å². The van der Waals surface area contributed by atoms with Gasteiger partial charge < -0.3 is 10.1 Å². The van der Waals surface area contributed by atoms with Gasteiger partial charge in [0.05, 0.1) is 23.9 Å². The Morgan fingerprint density at radius 3 is 3.12 bits per heavy atom. The highest BCUT2D eigenvalue weighted by Gasteiger charge is 2.26. The molecular formula is C11H12ClFN2O2. The van der Waals surface area contributed by atoms with E-state index in [2.05, 4.69) is 10.3 Å². The molecule has 0 saturated carbocycles. The number of aromatic nitrogens is 1. The highest BCUT2D eigenvalue weighted by atomic mass is 35.5. The van der Waals surface area contributed by atoms with Gasteiger partial charge in [-0.2, -0.15) is 0 Å². The molecule has 1 saturated heterocycles. The lowest BCUT2D eigenvalue weighted by molar-refractivity contribution is 0.0865. The summed E-state index contributed by atoms with van der Waals surface area (Å²) in [6.45, 7) is 2.49. The molecule has 1 aliphatic rings. The zero-order chi connectivity index (χ0) is 12.4. The van der Waals surface area contributed by atoms with E-state index in [4.69, 9.17) is 16.3 Å². The summed E-state index contributed by atoms with van der Waals surface area (Å²) in [6.07, 6.45) is 1.67. The van der Waals surface area contributed by atoms with Crippen LogP contribution in [0.1, 0.15) is 23.7 Å². The number of nitrogens with zero attached hydrogens (tertiary/aromatic N) is 1. The van der Waals surface area contributed by atoms with E-state index in [1.54, 1.807) is 0 Å². The lowest BCUT2D eigenvalue weighted by Gasteiger charge is -2.16. The molecule has 2 rings (SSSR count). The van der Waals surface area contributed by atoms with Crippen LogP contribution in [-0.4, -0.2) is 29.6 Å². The van der Waals surface area contributed by atoms with Crippen LogP contribution < -0.4 is 5.32 Å². The molecule has 92 valence electrons. The van der Waals surface area contributed by atoms with E-state index in [1.165, 1.54) is 0 Å². The molecule has 0 radical (unpaired) electrons. The van der Waals surface area contributed by atoms with Crippen molar-refractivity contribution < 1.29 is 13.9 Å². The Kier molecular flexibility index (Phi) is 3.59. The third kappa shape index (κ3) is 2.73. The zero-order valence-electron chi connectivity index (χ0n) is 9.24. The molecule has 0 aliphatic carbocycles. The van der Waals surface area contributed by atoms with E-state index in [0.29, 0.717) is 6.61 Å². The number of halogens is 2. The molecule has 1 amide bonds. The summed E-state index contributed by atoms with van der Waals surface area (Å²) in [5.41, 5.74) is 0.0470. The summed E-state index contributed by atoms with van der Waals surface area (Å²) in [4.78, 5) is 15.5. The zero-order valence-corrected chi connectivity index (χ0v) is 10.00. The van der Waals surface area contributed by atoms with Crippen LogP contribution in [0, 0.1) is 5.82 Å².